The Labute approximate surface area is 143 Å². The average molecular weight is 340 g/mol. The molecule has 6 heteroatoms. The summed E-state index contributed by atoms with van der Waals surface area (Å²) in [5.41, 5.74) is 6.20. The zero-order chi connectivity index (χ0) is 17.5. The number of nitrogens with zero attached hydrogens (tertiary/aromatic N) is 1. The van der Waals surface area contributed by atoms with Crippen LogP contribution in [0.15, 0.2) is 5.38 Å². The van der Waals surface area contributed by atoms with Gasteiger partial charge in [-0.3, -0.25) is 4.79 Å². The highest BCUT2D eigenvalue weighted by molar-refractivity contribution is 7.09. The number of nitrogens with one attached hydrogen (secondary N) is 1. The van der Waals surface area contributed by atoms with E-state index >= 15 is 0 Å². The molecule has 1 aromatic heterocycles. The molecule has 1 aliphatic rings. The molecule has 0 aliphatic heterocycles. The van der Waals surface area contributed by atoms with Crippen molar-refractivity contribution in [3.8, 4) is 0 Å². The van der Waals surface area contributed by atoms with Crippen molar-refractivity contribution in [1.29, 1.82) is 0 Å². The Morgan fingerprint density at radius 3 is 2.65 bits per heavy atom. The molecular formula is C17H29N3O2S. The van der Waals surface area contributed by atoms with Crippen LogP contribution in [0.5, 0.6) is 0 Å². The predicted molar refractivity (Wildman–Crippen MR) is 93.4 cm³/mol. The molecule has 5 nitrogen and oxygen atoms in total. The van der Waals surface area contributed by atoms with Gasteiger partial charge in [0.1, 0.15) is 10.5 Å². The normalized spacial score (nSPS) is 26.7. The molecule has 0 saturated heterocycles. The van der Waals surface area contributed by atoms with Crippen molar-refractivity contribution in [2.45, 2.75) is 71.6 Å². The van der Waals surface area contributed by atoms with Crippen molar-refractivity contribution in [3.63, 3.8) is 0 Å². The molecule has 23 heavy (non-hydrogen) atoms. The molecule has 1 saturated carbocycles. The van der Waals surface area contributed by atoms with E-state index in [2.05, 4.69) is 36.5 Å². The number of aromatic nitrogens is 1. The maximum absolute atomic E-state index is 12.6. The SMILES string of the molecule is CCOC1CC(N)(C(=O)NCc2nc(C(C)(C)C)cs2)C1(C)C. The second-order valence-corrected chi connectivity index (χ2v) is 8.84. The Balaban J connectivity index is 1.97. The molecule has 0 aromatic carbocycles. The molecule has 0 spiro atoms. The van der Waals surface area contributed by atoms with E-state index < -0.39 is 5.54 Å². The lowest BCUT2D eigenvalue weighted by atomic mass is 9.54. The highest BCUT2D eigenvalue weighted by atomic mass is 32.1. The summed E-state index contributed by atoms with van der Waals surface area (Å²) in [6, 6.07) is 0. The third-order valence-corrected chi connectivity index (χ3v) is 5.80. The maximum Gasteiger partial charge on any atom is 0.241 e. The number of carbonyl (C=O) groups is 1. The molecule has 2 atom stereocenters. The van der Waals surface area contributed by atoms with Gasteiger partial charge in [0.05, 0.1) is 18.3 Å². The molecule has 1 aliphatic carbocycles. The number of hydrogen-bond acceptors (Lipinski definition) is 5. The summed E-state index contributed by atoms with van der Waals surface area (Å²) < 4.78 is 5.67. The Morgan fingerprint density at radius 2 is 2.17 bits per heavy atom. The molecule has 130 valence electrons. The first-order valence-electron chi connectivity index (χ1n) is 8.16. The van der Waals surface area contributed by atoms with Gasteiger partial charge in [0.15, 0.2) is 0 Å². The van der Waals surface area contributed by atoms with Crippen molar-refractivity contribution < 1.29 is 9.53 Å². The van der Waals surface area contributed by atoms with Gasteiger partial charge in [-0.05, 0) is 6.92 Å². The molecule has 0 radical (unpaired) electrons. The molecule has 0 bridgehead atoms. The van der Waals surface area contributed by atoms with Crippen LogP contribution in [0.3, 0.4) is 0 Å². The van der Waals surface area contributed by atoms with Crippen LogP contribution in [0.1, 0.15) is 58.7 Å². The van der Waals surface area contributed by atoms with Gasteiger partial charge >= 0.3 is 0 Å². The molecule has 1 amide bonds. The minimum Gasteiger partial charge on any atom is -0.378 e. The summed E-state index contributed by atoms with van der Waals surface area (Å²) in [7, 11) is 0. The second kappa shape index (κ2) is 6.15. The summed E-state index contributed by atoms with van der Waals surface area (Å²) in [5.74, 6) is -0.119. The largest absolute Gasteiger partial charge is 0.378 e. The standard InChI is InChI=1S/C17H29N3O2S/c1-7-22-12-8-17(18,16(12,5)6)14(21)19-9-13-20-11(10-23-13)15(2,3)4/h10,12H,7-9,18H2,1-6H3,(H,19,21). The summed E-state index contributed by atoms with van der Waals surface area (Å²) in [5, 5.41) is 5.91. The minimum atomic E-state index is -0.878. The number of thiazole rings is 1. The van der Waals surface area contributed by atoms with Crippen molar-refractivity contribution in [1.82, 2.24) is 10.3 Å². The van der Waals surface area contributed by atoms with E-state index in [0.717, 1.165) is 10.7 Å². The van der Waals surface area contributed by atoms with Crippen LogP contribution in [-0.2, 0) is 21.5 Å². The quantitative estimate of drug-likeness (QED) is 0.864. The Bertz CT molecular complexity index is 577. The van der Waals surface area contributed by atoms with Crippen LogP contribution in [0.2, 0.25) is 0 Å². The van der Waals surface area contributed by atoms with Gasteiger partial charge in [0.25, 0.3) is 0 Å². The van der Waals surface area contributed by atoms with Gasteiger partial charge in [-0.1, -0.05) is 34.6 Å². The van der Waals surface area contributed by atoms with E-state index in [1.54, 1.807) is 11.3 Å². The van der Waals surface area contributed by atoms with Crippen molar-refractivity contribution in [2.24, 2.45) is 11.1 Å². The van der Waals surface area contributed by atoms with E-state index in [1.165, 1.54) is 0 Å². The van der Waals surface area contributed by atoms with Gasteiger partial charge in [-0.15, -0.1) is 11.3 Å². The third-order valence-electron chi connectivity index (χ3n) is 4.96. The van der Waals surface area contributed by atoms with Crippen LogP contribution < -0.4 is 11.1 Å². The molecule has 1 fully saturated rings. The number of nitrogens with two attached hydrogens (primary N) is 1. The zero-order valence-corrected chi connectivity index (χ0v) is 15.8. The van der Waals surface area contributed by atoms with Crippen LogP contribution >= 0.6 is 11.3 Å². The van der Waals surface area contributed by atoms with Crippen molar-refractivity contribution in [3.05, 3.63) is 16.1 Å². The first kappa shape index (κ1) is 18.4. The number of rotatable bonds is 5. The van der Waals surface area contributed by atoms with Crippen LogP contribution in [0, 0.1) is 5.41 Å². The van der Waals surface area contributed by atoms with E-state index in [4.69, 9.17) is 10.5 Å². The van der Waals surface area contributed by atoms with E-state index in [0.29, 0.717) is 19.6 Å². The number of hydrogen-bond donors (Lipinski definition) is 2. The predicted octanol–water partition coefficient (Wildman–Crippen LogP) is 2.59. The zero-order valence-electron chi connectivity index (χ0n) is 15.0. The Kier molecular flexibility index (Phi) is 4.91. The fraction of sp³-hybridized carbons (Fsp3) is 0.765. The van der Waals surface area contributed by atoms with Gasteiger partial charge in [-0.2, -0.15) is 0 Å². The van der Waals surface area contributed by atoms with E-state index in [9.17, 15) is 4.79 Å². The molecule has 2 rings (SSSR count). The van der Waals surface area contributed by atoms with Gasteiger partial charge < -0.3 is 15.8 Å². The molecule has 1 heterocycles. The molecular weight excluding hydrogens is 310 g/mol. The first-order chi connectivity index (χ1) is 10.5. The highest BCUT2D eigenvalue weighted by Gasteiger charge is 2.62. The number of carbonyl (C=O) groups excluding carboxylic acids is 1. The van der Waals surface area contributed by atoms with Crippen molar-refractivity contribution >= 4 is 17.2 Å². The van der Waals surface area contributed by atoms with Crippen LogP contribution in [0.4, 0.5) is 0 Å². The van der Waals surface area contributed by atoms with Crippen LogP contribution in [0.25, 0.3) is 0 Å². The summed E-state index contributed by atoms with van der Waals surface area (Å²) in [4.78, 5) is 17.2. The second-order valence-electron chi connectivity index (χ2n) is 7.90. The van der Waals surface area contributed by atoms with E-state index in [-0.39, 0.29) is 22.8 Å². The van der Waals surface area contributed by atoms with Gasteiger partial charge in [-0.25, -0.2) is 4.98 Å². The number of ether oxygens (including phenoxy) is 1. The number of amides is 1. The fourth-order valence-corrected chi connectivity index (χ4v) is 3.83. The minimum absolute atomic E-state index is 0.0223. The summed E-state index contributed by atoms with van der Waals surface area (Å²) >= 11 is 1.57. The van der Waals surface area contributed by atoms with Crippen molar-refractivity contribution in [2.75, 3.05) is 6.61 Å². The lowest BCUT2D eigenvalue weighted by molar-refractivity contribution is -0.170. The average Bonchev–Trinajstić information content (AvgIpc) is 2.93. The third kappa shape index (κ3) is 3.30. The van der Waals surface area contributed by atoms with Crippen LogP contribution in [-0.4, -0.2) is 29.1 Å². The Hall–Kier alpha value is -0.980. The van der Waals surface area contributed by atoms with Gasteiger partial charge in [0, 0.05) is 29.2 Å². The topological polar surface area (TPSA) is 77.2 Å². The molecule has 1 aromatic rings. The van der Waals surface area contributed by atoms with E-state index in [1.807, 2.05) is 20.8 Å². The Morgan fingerprint density at radius 1 is 1.52 bits per heavy atom. The monoisotopic (exact) mass is 339 g/mol. The maximum atomic E-state index is 12.6. The summed E-state index contributed by atoms with van der Waals surface area (Å²) in [6.45, 7) is 13.4. The lowest BCUT2D eigenvalue weighted by Gasteiger charge is -2.57. The van der Waals surface area contributed by atoms with Gasteiger partial charge in [0.2, 0.25) is 5.91 Å². The first-order valence-corrected chi connectivity index (χ1v) is 9.04. The smallest absolute Gasteiger partial charge is 0.241 e. The molecule has 2 unspecified atom stereocenters. The lowest BCUT2D eigenvalue weighted by Crippen LogP contribution is -2.75. The highest BCUT2D eigenvalue weighted by Crippen LogP contribution is 2.49. The molecule has 3 N–H and O–H groups in total. The fourth-order valence-electron chi connectivity index (χ4n) is 2.87. The summed E-state index contributed by atoms with van der Waals surface area (Å²) in [6.07, 6.45) is 0.598.